The largest absolute Gasteiger partial charge is 0.481 e. The molecule has 1 fully saturated rings. The Hall–Kier alpha value is -1.06. The van der Waals surface area contributed by atoms with E-state index in [1.165, 1.54) is 19.2 Å². The van der Waals surface area contributed by atoms with Crippen LogP contribution < -0.4 is 5.84 Å². The van der Waals surface area contributed by atoms with E-state index < -0.39 is 0 Å². The van der Waals surface area contributed by atoms with Crippen LogP contribution in [0.4, 0.5) is 0 Å². The smallest absolute Gasteiger partial charge is 0.186 e. The standard InChI is InChI=1S/C7H13N3O/c1-6(9-5-10-8)11-4-7-2-3-7/h5,7H,2-4,8H2,1H3/b9-6+,10-5-. The molecule has 0 aromatic heterocycles. The lowest BCUT2D eigenvalue weighted by Crippen LogP contribution is -2.03. The highest BCUT2D eigenvalue weighted by Gasteiger charge is 2.21. The molecule has 1 aliphatic carbocycles. The number of hydrazone groups is 1. The third kappa shape index (κ3) is 3.60. The van der Waals surface area contributed by atoms with Gasteiger partial charge in [0.25, 0.3) is 0 Å². The summed E-state index contributed by atoms with van der Waals surface area (Å²) < 4.78 is 5.27. The lowest BCUT2D eigenvalue weighted by Gasteiger charge is -2.00. The summed E-state index contributed by atoms with van der Waals surface area (Å²) in [6, 6.07) is 0. The van der Waals surface area contributed by atoms with Crippen molar-refractivity contribution in [3.63, 3.8) is 0 Å². The van der Waals surface area contributed by atoms with E-state index in [2.05, 4.69) is 10.1 Å². The molecule has 0 saturated heterocycles. The molecule has 0 spiro atoms. The monoisotopic (exact) mass is 155 g/mol. The molecule has 4 heteroatoms. The van der Waals surface area contributed by atoms with Crippen molar-refractivity contribution in [2.45, 2.75) is 19.8 Å². The third-order valence-electron chi connectivity index (χ3n) is 1.53. The molecule has 11 heavy (non-hydrogen) atoms. The van der Waals surface area contributed by atoms with Gasteiger partial charge in [-0.1, -0.05) is 0 Å². The van der Waals surface area contributed by atoms with Gasteiger partial charge >= 0.3 is 0 Å². The van der Waals surface area contributed by atoms with Crippen molar-refractivity contribution in [1.29, 1.82) is 0 Å². The molecule has 0 bridgehead atoms. The highest BCUT2D eigenvalue weighted by molar-refractivity contribution is 5.81. The molecule has 0 aliphatic heterocycles. The Bertz CT molecular complexity index is 173. The molecule has 0 aromatic carbocycles. The second-order valence-corrected chi connectivity index (χ2v) is 2.67. The Balaban J connectivity index is 2.12. The summed E-state index contributed by atoms with van der Waals surface area (Å²) in [5.74, 6) is 6.24. The van der Waals surface area contributed by atoms with Crippen molar-refractivity contribution in [1.82, 2.24) is 0 Å². The fraction of sp³-hybridized carbons (Fsp3) is 0.714. The van der Waals surface area contributed by atoms with Gasteiger partial charge in [-0.15, -0.1) is 0 Å². The first kappa shape index (κ1) is 8.04. The summed E-state index contributed by atoms with van der Waals surface area (Å²) in [4.78, 5) is 3.82. The summed E-state index contributed by atoms with van der Waals surface area (Å²) in [5.41, 5.74) is 0. The van der Waals surface area contributed by atoms with Crippen molar-refractivity contribution in [2.24, 2.45) is 21.9 Å². The van der Waals surface area contributed by atoms with Crippen LogP contribution in [-0.4, -0.2) is 18.8 Å². The molecule has 0 aromatic rings. The normalized spacial score (nSPS) is 19.2. The molecule has 4 nitrogen and oxygen atoms in total. The zero-order chi connectivity index (χ0) is 8.10. The van der Waals surface area contributed by atoms with E-state index in [9.17, 15) is 0 Å². The van der Waals surface area contributed by atoms with Crippen molar-refractivity contribution in [3.8, 4) is 0 Å². The van der Waals surface area contributed by atoms with Gasteiger partial charge in [0.1, 0.15) is 6.34 Å². The van der Waals surface area contributed by atoms with Crippen LogP contribution in [-0.2, 0) is 4.74 Å². The predicted octanol–water partition coefficient (Wildman–Crippen LogP) is 0.733. The minimum Gasteiger partial charge on any atom is -0.481 e. The number of rotatable bonds is 3. The molecular weight excluding hydrogens is 142 g/mol. The first-order chi connectivity index (χ1) is 5.33. The van der Waals surface area contributed by atoms with Gasteiger partial charge < -0.3 is 10.6 Å². The van der Waals surface area contributed by atoms with Crippen LogP contribution in [0.2, 0.25) is 0 Å². The molecule has 1 aliphatic rings. The lowest BCUT2D eigenvalue weighted by atomic mass is 10.5. The maximum absolute atomic E-state index is 5.27. The SMILES string of the molecule is C/C(=N\C=N/N)OCC1CC1. The van der Waals surface area contributed by atoms with Gasteiger partial charge in [0, 0.05) is 6.92 Å². The van der Waals surface area contributed by atoms with Crippen molar-refractivity contribution in [2.75, 3.05) is 6.61 Å². The maximum Gasteiger partial charge on any atom is 0.186 e. The highest BCUT2D eigenvalue weighted by Crippen LogP contribution is 2.28. The van der Waals surface area contributed by atoms with Gasteiger partial charge in [0.05, 0.1) is 6.61 Å². The van der Waals surface area contributed by atoms with E-state index in [-0.39, 0.29) is 0 Å². The van der Waals surface area contributed by atoms with Crippen LogP contribution in [0.25, 0.3) is 0 Å². The molecule has 0 radical (unpaired) electrons. The second-order valence-electron chi connectivity index (χ2n) is 2.67. The number of ether oxygens (including phenoxy) is 1. The molecular formula is C7H13N3O. The van der Waals surface area contributed by atoms with Crippen LogP contribution in [0.1, 0.15) is 19.8 Å². The van der Waals surface area contributed by atoms with Crippen molar-refractivity contribution in [3.05, 3.63) is 0 Å². The van der Waals surface area contributed by atoms with Crippen LogP contribution >= 0.6 is 0 Å². The van der Waals surface area contributed by atoms with E-state index in [4.69, 9.17) is 10.6 Å². The minimum atomic E-state index is 0.631. The van der Waals surface area contributed by atoms with Gasteiger partial charge in [-0.2, -0.15) is 5.10 Å². The average molecular weight is 155 g/mol. The molecule has 0 amide bonds. The molecule has 1 rings (SSSR count). The summed E-state index contributed by atoms with van der Waals surface area (Å²) in [6.45, 7) is 2.58. The quantitative estimate of drug-likeness (QED) is 0.283. The van der Waals surface area contributed by atoms with E-state index in [0.29, 0.717) is 5.90 Å². The summed E-state index contributed by atoms with van der Waals surface area (Å²) >= 11 is 0. The molecule has 0 unspecified atom stereocenters. The minimum absolute atomic E-state index is 0.631. The Morgan fingerprint density at radius 3 is 3.00 bits per heavy atom. The van der Waals surface area contributed by atoms with Crippen LogP contribution in [0.5, 0.6) is 0 Å². The zero-order valence-electron chi connectivity index (χ0n) is 6.66. The van der Waals surface area contributed by atoms with Gasteiger partial charge in [0.2, 0.25) is 0 Å². The van der Waals surface area contributed by atoms with Crippen LogP contribution in [0, 0.1) is 5.92 Å². The Labute approximate surface area is 66.1 Å². The Morgan fingerprint density at radius 1 is 1.73 bits per heavy atom. The van der Waals surface area contributed by atoms with Crippen LogP contribution in [0.15, 0.2) is 10.1 Å². The average Bonchev–Trinajstić information content (AvgIpc) is 2.80. The number of hydrogen-bond donors (Lipinski definition) is 1. The Kier molecular flexibility index (Phi) is 2.89. The molecule has 0 atom stereocenters. The lowest BCUT2D eigenvalue weighted by molar-refractivity contribution is 0.285. The van der Waals surface area contributed by atoms with Gasteiger partial charge in [0.15, 0.2) is 5.90 Å². The zero-order valence-corrected chi connectivity index (χ0v) is 6.66. The first-order valence-electron chi connectivity index (χ1n) is 3.72. The number of hydrogen-bond acceptors (Lipinski definition) is 3. The van der Waals surface area contributed by atoms with E-state index in [1.807, 2.05) is 0 Å². The summed E-state index contributed by atoms with van der Waals surface area (Å²) in [6.07, 6.45) is 3.86. The van der Waals surface area contributed by atoms with Crippen LogP contribution in [0.3, 0.4) is 0 Å². The third-order valence-corrected chi connectivity index (χ3v) is 1.53. The fourth-order valence-corrected chi connectivity index (χ4v) is 0.675. The first-order valence-corrected chi connectivity index (χ1v) is 3.72. The second kappa shape index (κ2) is 3.95. The molecule has 62 valence electrons. The van der Waals surface area contributed by atoms with Gasteiger partial charge in [-0.05, 0) is 18.8 Å². The molecule has 1 saturated carbocycles. The van der Waals surface area contributed by atoms with E-state index in [1.54, 1.807) is 6.92 Å². The van der Waals surface area contributed by atoms with Gasteiger partial charge in [-0.3, -0.25) is 0 Å². The topological polar surface area (TPSA) is 60.0 Å². The van der Waals surface area contributed by atoms with Gasteiger partial charge in [-0.25, -0.2) is 4.99 Å². The summed E-state index contributed by atoms with van der Waals surface area (Å²) in [5, 5.41) is 3.23. The predicted molar refractivity (Wildman–Crippen MR) is 44.5 cm³/mol. The fourth-order valence-electron chi connectivity index (χ4n) is 0.675. The van der Waals surface area contributed by atoms with Crippen molar-refractivity contribution < 1.29 is 4.74 Å². The number of aliphatic imine (C=N–C) groups is 1. The highest BCUT2D eigenvalue weighted by atomic mass is 16.5. The maximum atomic E-state index is 5.27. The number of nitrogens with zero attached hydrogens (tertiary/aromatic N) is 2. The molecule has 0 heterocycles. The Morgan fingerprint density at radius 2 is 2.45 bits per heavy atom. The van der Waals surface area contributed by atoms with E-state index in [0.717, 1.165) is 12.5 Å². The molecule has 2 N–H and O–H groups in total. The number of nitrogens with two attached hydrogens (primary N) is 1. The van der Waals surface area contributed by atoms with Crippen molar-refractivity contribution >= 4 is 12.2 Å². The summed E-state index contributed by atoms with van der Waals surface area (Å²) in [7, 11) is 0. The van der Waals surface area contributed by atoms with E-state index >= 15 is 0 Å².